The van der Waals surface area contributed by atoms with Gasteiger partial charge in [0.2, 0.25) is 0 Å². The minimum absolute atomic E-state index is 0.411. The Hall–Kier alpha value is -0.750. The Balaban J connectivity index is 2.00. The van der Waals surface area contributed by atoms with E-state index in [1.165, 1.54) is 6.42 Å². The van der Waals surface area contributed by atoms with Gasteiger partial charge in [0.1, 0.15) is 5.82 Å². The molecule has 0 amide bonds. The Morgan fingerprint density at radius 3 is 2.78 bits per heavy atom. The maximum atomic E-state index is 6.08. The van der Waals surface area contributed by atoms with Gasteiger partial charge in [-0.1, -0.05) is 23.2 Å². The number of nitrogens with one attached hydrogen (secondary N) is 2. The summed E-state index contributed by atoms with van der Waals surface area (Å²) in [6, 6.07) is 1.63. The van der Waals surface area contributed by atoms with Gasteiger partial charge in [0.05, 0.1) is 10.0 Å². The van der Waals surface area contributed by atoms with Gasteiger partial charge in [-0.3, -0.25) is 0 Å². The topological polar surface area (TPSA) is 66.2 Å². The van der Waals surface area contributed by atoms with Crippen molar-refractivity contribution in [3.05, 3.63) is 16.1 Å². The fourth-order valence-electron chi connectivity index (χ4n) is 2.13. The summed E-state index contributed by atoms with van der Waals surface area (Å²) in [5, 5.41) is 4.17. The largest absolute Gasteiger partial charge is 0.368 e. The van der Waals surface area contributed by atoms with Gasteiger partial charge in [-0.05, 0) is 32.0 Å². The molecule has 0 bridgehead atoms. The number of nitrogens with two attached hydrogens (primary N) is 1. The van der Waals surface area contributed by atoms with Crippen LogP contribution in [-0.2, 0) is 0 Å². The minimum Gasteiger partial charge on any atom is -0.368 e. The van der Waals surface area contributed by atoms with Crippen molar-refractivity contribution >= 4 is 34.8 Å². The number of hydrazine groups is 1. The summed E-state index contributed by atoms with van der Waals surface area (Å²) in [5.74, 6) is 6.99. The number of hydrogen-bond donors (Lipinski definition) is 3. The Morgan fingerprint density at radius 2 is 2.17 bits per heavy atom. The van der Waals surface area contributed by atoms with Crippen LogP contribution in [0.25, 0.3) is 0 Å². The predicted octanol–water partition coefficient (Wildman–Crippen LogP) is 2.04. The minimum atomic E-state index is 0.411. The molecule has 0 radical (unpaired) electrons. The van der Waals surface area contributed by atoms with Crippen molar-refractivity contribution in [2.45, 2.75) is 6.42 Å². The second kappa shape index (κ2) is 5.93. The molecule has 1 aliphatic rings. The molecule has 7 heteroatoms. The lowest BCUT2D eigenvalue weighted by molar-refractivity contribution is 0.399. The molecule has 0 saturated carbocycles. The monoisotopic (exact) mass is 289 g/mol. The molecule has 1 unspecified atom stereocenters. The molecule has 18 heavy (non-hydrogen) atoms. The van der Waals surface area contributed by atoms with Crippen LogP contribution in [-0.4, -0.2) is 36.6 Å². The zero-order valence-electron chi connectivity index (χ0n) is 10.2. The number of nitrogen functional groups attached to an aromatic ring is 1. The number of nitrogens with zero attached hydrogens (tertiary/aromatic N) is 2. The molecule has 100 valence electrons. The van der Waals surface area contributed by atoms with E-state index in [1.807, 2.05) is 0 Å². The van der Waals surface area contributed by atoms with Crippen molar-refractivity contribution in [3.63, 3.8) is 0 Å². The zero-order valence-corrected chi connectivity index (χ0v) is 11.7. The highest BCUT2D eigenvalue weighted by molar-refractivity contribution is 6.37. The lowest BCUT2D eigenvalue weighted by Crippen LogP contribution is -2.20. The van der Waals surface area contributed by atoms with Crippen molar-refractivity contribution in [2.24, 2.45) is 11.8 Å². The van der Waals surface area contributed by atoms with Crippen LogP contribution in [0.3, 0.4) is 0 Å². The number of halogens is 2. The molecule has 4 N–H and O–H groups in total. The summed E-state index contributed by atoms with van der Waals surface area (Å²) < 4.78 is 0. The first-order valence-corrected chi connectivity index (χ1v) is 6.61. The Labute approximate surface area is 117 Å². The molecule has 2 rings (SSSR count). The van der Waals surface area contributed by atoms with Gasteiger partial charge in [-0.15, -0.1) is 0 Å². The van der Waals surface area contributed by atoms with Crippen LogP contribution < -0.4 is 16.6 Å². The highest BCUT2D eigenvalue weighted by atomic mass is 35.5. The van der Waals surface area contributed by atoms with Gasteiger partial charge in [0, 0.05) is 13.1 Å². The first kappa shape index (κ1) is 13.7. The third-order valence-electron chi connectivity index (χ3n) is 3.11. The van der Waals surface area contributed by atoms with E-state index in [2.05, 4.69) is 27.7 Å². The third kappa shape index (κ3) is 3.17. The molecular formula is C11H17Cl2N5. The lowest BCUT2D eigenvalue weighted by Gasteiger charge is -2.14. The maximum Gasteiger partial charge on any atom is 0.161 e. The maximum absolute atomic E-state index is 6.08. The van der Waals surface area contributed by atoms with E-state index >= 15 is 0 Å². The molecule has 1 aromatic rings. The summed E-state index contributed by atoms with van der Waals surface area (Å²) in [4.78, 5) is 6.56. The fraction of sp³-hybridized carbons (Fsp3) is 0.545. The SMILES string of the molecule is CN1CCC(CNc2nc(NN)c(Cl)cc2Cl)C1. The first-order chi connectivity index (χ1) is 8.60. The third-order valence-corrected chi connectivity index (χ3v) is 3.69. The molecule has 1 aliphatic heterocycles. The Morgan fingerprint density at radius 1 is 1.44 bits per heavy atom. The molecule has 5 nitrogen and oxygen atoms in total. The molecule has 0 spiro atoms. The summed E-state index contributed by atoms with van der Waals surface area (Å²) >= 11 is 12.0. The summed E-state index contributed by atoms with van der Waals surface area (Å²) in [5.41, 5.74) is 2.45. The van der Waals surface area contributed by atoms with Gasteiger partial charge in [0.15, 0.2) is 5.82 Å². The van der Waals surface area contributed by atoms with Crippen LogP contribution in [0.5, 0.6) is 0 Å². The average Bonchev–Trinajstić information content (AvgIpc) is 2.74. The van der Waals surface area contributed by atoms with Crippen LogP contribution >= 0.6 is 23.2 Å². The Kier molecular flexibility index (Phi) is 4.50. The normalized spacial score (nSPS) is 20.1. The van der Waals surface area contributed by atoms with E-state index in [-0.39, 0.29) is 0 Å². The summed E-state index contributed by atoms with van der Waals surface area (Å²) in [7, 11) is 2.13. The van der Waals surface area contributed by atoms with Gasteiger partial charge >= 0.3 is 0 Å². The molecule has 0 aliphatic carbocycles. The van der Waals surface area contributed by atoms with Gasteiger partial charge in [-0.2, -0.15) is 0 Å². The van der Waals surface area contributed by atoms with Crippen molar-refractivity contribution in [1.29, 1.82) is 0 Å². The molecule has 1 saturated heterocycles. The number of aromatic nitrogens is 1. The van der Waals surface area contributed by atoms with Crippen LogP contribution in [0.4, 0.5) is 11.6 Å². The first-order valence-electron chi connectivity index (χ1n) is 5.85. The highest BCUT2D eigenvalue weighted by Gasteiger charge is 2.19. The highest BCUT2D eigenvalue weighted by Crippen LogP contribution is 2.29. The molecular weight excluding hydrogens is 273 g/mol. The van der Waals surface area contributed by atoms with Gasteiger partial charge in [0.25, 0.3) is 0 Å². The second-order valence-electron chi connectivity index (χ2n) is 4.59. The van der Waals surface area contributed by atoms with Gasteiger partial charge in [-0.25, -0.2) is 10.8 Å². The number of anilines is 2. The van der Waals surface area contributed by atoms with Crippen LogP contribution in [0.2, 0.25) is 10.0 Å². The van der Waals surface area contributed by atoms with E-state index in [4.69, 9.17) is 29.0 Å². The predicted molar refractivity (Wildman–Crippen MR) is 76.2 cm³/mol. The molecule has 1 atom stereocenters. The molecule has 2 heterocycles. The van der Waals surface area contributed by atoms with Crippen molar-refractivity contribution in [2.75, 3.05) is 37.4 Å². The standard InChI is InChI=1S/C11H17Cl2N5/c1-18-3-2-7(6-18)5-15-10-8(12)4-9(13)11(16-10)17-14/h4,7H,2-3,5-6,14H2,1H3,(H2,15,16,17). The smallest absolute Gasteiger partial charge is 0.161 e. The molecule has 0 aromatic carbocycles. The quantitative estimate of drug-likeness (QED) is 0.585. The van der Waals surface area contributed by atoms with Crippen molar-refractivity contribution < 1.29 is 0 Å². The van der Waals surface area contributed by atoms with E-state index in [0.717, 1.165) is 19.6 Å². The van der Waals surface area contributed by atoms with Crippen molar-refractivity contribution in [1.82, 2.24) is 9.88 Å². The fourth-order valence-corrected chi connectivity index (χ4v) is 2.61. The molecule has 1 aromatic heterocycles. The second-order valence-corrected chi connectivity index (χ2v) is 5.41. The van der Waals surface area contributed by atoms with Crippen LogP contribution in [0.15, 0.2) is 6.07 Å². The Bertz CT molecular complexity index is 426. The van der Waals surface area contributed by atoms with E-state index in [9.17, 15) is 0 Å². The average molecular weight is 290 g/mol. The van der Waals surface area contributed by atoms with E-state index < -0.39 is 0 Å². The summed E-state index contributed by atoms with van der Waals surface area (Å²) in [6.07, 6.45) is 1.19. The molecule has 1 fully saturated rings. The van der Waals surface area contributed by atoms with E-state index in [0.29, 0.717) is 27.6 Å². The van der Waals surface area contributed by atoms with Gasteiger partial charge < -0.3 is 15.6 Å². The zero-order chi connectivity index (χ0) is 13.1. The van der Waals surface area contributed by atoms with Crippen molar-refractivity contribution in [3.8, 4) is 0 Å². The summed E-state index contributed by atoms with van der Waals surface area (Å²) in [6.45, 7) is 3.09. The number of likely N-dealkylation sites (tertiary alicyclic amines) is 1. The number of rotatable bonds is 4. The van der Waals surface area contributed by atoms with Crippen LogP contribution in [0.1, 0.15) is 6.42 Å². The lowest BCUT2D eigenvalue weighted by atomic mass is 10.1. The van der Waals surface area contributed by atoms with E-state index in [1.54, 1.807) is 6.07 Å². The number of pyridine rings is 1. The number of hydrogen-bond acceptors (Lipinski definition) is 5. The van der Waals surface area contributed by atoms with Crippen LogP contribution in [0, 0.1) is 5.92 Å².